The molecule has 136 valence electrons. The summed E-state index contributed by atoms with van der Waals surface area (Å²) in [6.07, 6.45) is 1.21. The van der Waals surface area contributed by atoms with Crippen LogP contribution in [0.1, 0.15) is 12.5 Å². The van der Waals surface area contributed by atoms with E-state index in [-0.39, 0.29) is 11.5 Å². The number of para-hydroxylation sites is 3. The van der Waals surface area contributed by atoms with Crippen LogP contribution in [0, 0.1) is 0 Å². The standard InChI is InChI=1S/C18H19N3O5/c1-3-26-14-9-5-4-8-13(14)20-17(23)18(24)21-19-11-12-7-6-10-15(25-2)16(12)22/h4-11,22H,3H2,1-2H3,(H,20,23)(H,21,24)/b19-11+. The van der Waals surface area contributed by atoms with Crippen LogP contribution < -0.4 is 20.2 Å². The Morgan fingerprint density at radius 2 is 1.85 bits per heavy atom. The molecule has 0 atom stereocenters. The molecular weight excluding hydrogens is 338 g/mol. The molecule has 0 aliphatic rings. The summed E-state index contributed by atoms with van der Waals surface area (Å²) in [6, 6.07) is 11.6. The monoisotopic (exact) mass is 357 g/mol. The molecule has 0 unspecified atom stereocenters. The maximum Gasteiger partial charge on any atom is 0.329 e. The van der Waals surface area contributed by atoms with E-state index in [4.69, 9.17) is 9.47 Å². The van der Waals surface area contributed by atoms with Gasteiger partial charge in [-0.3, -0.25) is 9.59 Å². The van der Waals surface area contributed by atoms with Gasteiger partial charge in [0.05, 0.1) is 25.6 Å². The van der Waals surface area contributed by atoms with Crippen molar-refractivity contribution in [2.45, 2.75) is 6.92 Å². The summed E-state index contributed by atoms with van der Waals surface area (Å²) < 4.78 is 10.3. The number of aromatic hydroxyl groups is 1. The van der Waals surface area contributed by atoms with Crippen molar-refractivity contribution in [3.8, 4) is 17.2 Å². The maximum absolute atomic E-state index is 12.0. The Labute approximate surface area is 150 Å². The van der Waals surface area contributed by atoms with Gasteiger partial charge in [-0.15, -0.1) is 0 Å². The number of phenolic OH excluding ortho intramolecular Hbond substituents is 1. The number of hydrogen-bond acceptors (Lipinski definition) is 6. The minimum atomic E-state index is -0.963. The average molecular weight is 357 g/mol. The van der Waals surface area contributed by atoms with Gasteiger partial charge in [-0.1, -0.05) is 18.2 Å². The summed E-state index contributed by atoms with van der Waals surface area (Å²) in [5.74, 6) is -1.26. The van der Waals surface area contributed by atoms with E-state index < -0.39 is 11.8 Å². The molecule has 0 aliphatic carbocycles. The maximum atomic E-state index is 12.0. The molecule has 0 spiro atoms. The van der Waals surface area contributed by atoms with Gasteiger partial charge in [0.25, 0.3) is 0 Å². The average Bonchev–Trinajstić information content (AvgIpc) is 2.64. The van der Waals surface area contributed by atoms with Gasteiger partial charge in [-0.05, 0) is 31.2 Å². The first-order valence-corrected chi connectivity index (χ1v) is 7.79. The number of amides is 2. The molecule has 0 saturated heterocycles. The Morgan fingerprint density at radius 1 is 1.12 bits per heavy atom. The zero-order valence-electron chi connectivity index (χ0n) is 14.4. The molecule has 3 N–H and O–H groups in total. The van der Waals surface area contributed by atoms with Gasteiger partial charge in [-0.25, -0.2) is 5.43 Å². The molecule has 0 saturated carbocycles. The second-order valence-corrected chi connectivity index (χ2v) is 4.98. The van der Waals surface area contributed by atoms with E-state index in [9.17, 15) is 14.7 Å². The smallest absolute Gasteiger partial charge is 0.329 e. The van der Waals surface area contributed by atoms with Crippen LogP contribution in [-0.4, -0.2) is 36.9 Å². The minimum Gasteiger partial charge on any atom is -0.504 e. The molecule has 2 rings (SSSR count). The number of methoxy groups -OCH3 is 1. The summed E-state index contributed by atoms with van der Waals surface area (Å²) in [7, 11) is 1.42. The van der Waals surface area contributed by atoms with Crippen molar-refractivity contribution in [2.24, 2.45) is 5.10 Å². The number of phenols is 1. The highest BCUT2D eigenvalue weighted by atomic mass is 16.5. The Kier molecular flexibility index (Phi) is 6.55. The number of hydrazone groups is 1. The van der Waals surface area contributed by atoms with Crippen LogP contribution in [0.15, 0.2) is 47.6 Å². The van der Waals surface area contributed by atoms with Gasteiger partial charge in [0, 0.05) is 5.56 Å². The van der Waals surface area contributed by atoms with E-state index in [2.05, 4.69) is 15.8 Å². The molecule has 2 amide bonds. The molecule has 0 aromatic heterocycles. The molecule has 0 heterocycles. The number of carbonyl (C=O) groups excluding carboxylic acids is 2. The van der Waals surface area contributed by atoms with Crippen LogP contribution in [0.25, 0.3) is 0 Å². The number of anilines is 1. The van der Waals surface area contributed by atoms with E-state index in [0.29, 0.717) is 23.6 Å². The number of hydrogen-bond donors (Lipinski definition) is 3. The zero-order valence-corrected chi connectivity index (χ0v) is 14.4. The van der Waals surface area contributed by atoms with E-state index >= 15 is 0 Å². The summed E-state index contributed by atoms with van der Waals surface area (Å²) in [5.41, 5.74) is 2.80. The van der Waals surface area contributed by atoms with Gasteiger partial charge in [0.1, 0.15) is 5.75 Å². The lowest BCUT2D eigenvalue weighted by Gasteiger charge is -2.10. The minimum absolute atomic E-state index is 0.122. The summed E-state index contributed by atoms with van der Waals surface area (Å²) in [4.78, 5) is 23.8. The third-order valence-corrected chi connectivity index (χ3v) is 3.26. The van der Waals surface area contributed by atoms with Crippen LogP contribution in [0.4, 0.5) is 5.69 Å². The third-order valence-electron chi connectivity index (χ3n) is 3.26. The largest absolute Gasteiger partial charge is 0.504 e. The Bertz CT molecular complexity index is 820. The lowest BCUT2D eigenvalue weighted by atomic mass is 10.2. The predicted octanol–water partition coefficient (Wildman–Crippen LogP) is 1.89. The third kappa shape index (κ3) is 4.73. The van der Waals surface area contributed by atoms with Crippen molar-refractivity contribution in [1.82, 2.24) is 5.43 Å². The van der Waals surface area contributed by atoms with Crippen molar-refractivity contribution < 1.29 is 24.2 Å². The van der Waals surface area contributed by atoms with Crippen LogP contribution in [0.3, 0.4) is 0 Å². The molecule has 0 radical (unpaired) electrons. The molecule has 0 aliphatic heterocycles. The predicted molar refractivity (Wildman–Crippen MR) is 96.6 cm³/mol. The lowest BCUT2D eigenvalue weighted by molar-refractivity contribution is -0.136. The SMILES string of the molecule is CCOc1ccccc1NC(=O)C(=O)N/N=C/c1cccc(OC)c1O. The first-order chi connectivity index (χ1) is 12.6. The van der Waals surface area contributed by atoms with Gasteiger partial charge >= 0.3 is 11.8 Å². The van der Waals surface area contributed by atoms with Gasteiger partial charge < -0.3 is 19.9 Å². The first-order valence-electron chi connectivity index (χ1n) is 7.79. The van der Waals surface area contributed by atoms with Crippen molar-refractivity contribution in [3.63, 3.8) is 0 Å². The zero-order chi connectivity index (χ0) is 18.9. The highest BCUT2D eigenvalue weighted by Gasteiger charge is 2.15. The fourth-order valence-corrected chi connectivity index (χ4v) is 2.05. The molecule has 26 heavy (non-hydrogen) atoms. The lowest BCUT2D eigenvalue weighted by Crippen LogP contribution is -2.32. The van der Waals surface area contributed by atoms with Crippen molar-refractivity contribution in [1.29, 1.82) is 0 Å². The first kappa shape index (κ1) is 18.8. The second-order valence-electron chi connectivity index (χ2n) is 4.98. The van der Waals surface area contributed by atoms with Crippen molar-refractivity contribution in [2.75, 3.05) is 19.0 Å². The molecule has 8 heteroatoms. The molecule has 2 aromatic rings. The van der Waals surface area contributed by atoms with Crippen molar-refractivity contribution in [3.05, 3.63) is 48.0 Å². The molecule has 0 fully saturated rings. The number of rotatable bonds is 6. The topological polar surface area (TPSA) is 109 Å². The summed E-state index contributed by atoms with van der Waals surface area (Å²) in [6.45, 7) is 2.24. The summed E-state index contributed by atoms with van der Waals surface area (Å²) in [5, 5.41) is 16.0. The highest BCUT2D eigenvalue weighted by molar-refractivity contribution is 6.39. The Hall–Kier alpha value is -3.55. The van der Waals surface area contributed by atoms with E-state index in [1.165, 1.54) is 13.3 Å². The number of benzene rings is 2. The Balaban J connectivity index is 1.99. The van der Waals surface area contributed by atoms with Crippen LogP contribution >= 0.6 is 0 Å². The van der Waals surface area contributed by atoms with Crippen LogP contribution in [0.2, 0.25) is 0 Å². The second kappa shape index (κ2) is 9.07. The van der Waals surface area contributed by atoms with Gasteiger partial charge in [-0.2, -0.15) is 5.10 Å². The normalized spacial score (nSPS) is 10.4. The number of carbonyl (C=O) groups is 2. The molecular formula is C18H19N3O5. The fraction of sp³-hybridized carbons (Fsp3) is 0.167. The van der Waals surface area contributed by atoms with E-state index in [1.807, 2.05) is 6.92 Å². The molecule has 0 bridgehead atoms. The number of nitrogens with one attached hydrogen (secondary N) is 2. The summed E-state index contributed by atoms with van der Waals surface area (Å²) >= 11 is 0. The van der Waals surface area contributed by atoms with Crippen LogP contribution in [-0.2, 0) is 9.59 Å². The molecule has 2 aromatic carbocycles. The van der Waals surface area contributed by atoms with Crippen molar-refractivity contribution >= 4 is 23.7 Å². The Morgan fingerprint density at radius 3 is 2.58 bits per heavy atom. The fourth-order valence-electron chi connectivity index (χ4n) is 2.05. The van der Waals surface area contributed by atoms with Gasteiger partial charge in [0.15, 0.2) is 11.5 Å². The number of nitrogens with zero attached hydrogens (tertiary/aromatic N) is 1. The van der Waals surface area contributed by atoms with E-state index in [0.717, 1.165) is 0 Å². The molecule has 8 nitrogen and oxygen atoms in total. The van der Waals surface area contributed by atoms with Gasteiger partial charge in [0.2, 0.25) is 0 Å². The van der Waals surface area contributed by atoms with Crippen LogP contribution in [0.5, 0.6) is 17.2 Å². The quantitative estimate of drug-likeness (QED) is 0.415. The highest BCUT2D eigenvalue weighted by Crippen LogP contribution is 2.28. The van der Waals surface area contributed by atoms with E-state index in [1.54, 1.807) is 42.5 Å². The number of ether oxygens (including phenoxy) is 2.